The Bertz CT molecular complexity index is 2980. The summed E-state index contributed by atoms with van der Waals surface area (Å²) in [4.78, 5) is 2.48. The minimum atomic E-state index is -0.538. The summed E-state index contributed by atoms with van der Waals surface area (Å²) in [5.74, 6) is 0. The van der Waals surface area contributed by atoms with E-state index in [4.69, 9.17) is 0 Å². The predicted molar refractivity (Wildman–Crippen MR) is 225 cm³/mol. The van der Waals surface area contributed by atoms with Crippen molar-refractivity contribution in [1.29, 1.82) is 0 Å². The first-order chi connectivity index (χ1) is 26.8. The van der Waals surface area contributed by atoms with Gasteiger partial charge in [0.2, 0.25) is 0 Å². The molecule has 12 rings (SSSR count). The molecule has 1 nitrogen and oxygen atoms in total. The zero-order chi connectivity index (χ0) is 35.4. The van der Waals surface area contributed by atoms with Crippen molar-refractivity contribution in [2.45, 2.75) is 5.41 Å². The molecule has 0 fully saturated rings. The van der Waals surface area contributed by atoms with E-state index in [0.717, 1.165) is 11.4 Å². The highest BCUT2D eigenvalue weighted by Crippen LogP contribution is 2.67. The van der Waals surface area contributed by atoms with E-state index in [1.54, 1.807) is 0 Å². The average Bonchev–Trinajstić information content (AvgIpc) is 3.85. The summed E-state index contributed by atoms with van der Waals surface area (Å²) in [6.07, 6.45) is 0. The number of hydrogen-bond donors (Lipinski definition) is 0. The van der Waals surface area contributed by atoms with Crippen molar-refractivity contribution in [1.82, 2.24) is 0 Å². The van der Waals surface area contributed by atoms with E-state index in [0.29, 0.717) is 0 Å². The summed E-state index contributed by atoms with van der Waals surface area (Å²) in [6.45, 7) is 0. The maximum absolute atomic E-state index is 2.57. The summed E-state index contributed by atoms with van der Waals surface area (Å²) in [7, 11) is 0. The van der Waals surface area contributed by atoms with Crippen molar-refractivity contribution < 1.29 is 0 Å². The summed E-state index contributed by atoms with van der Waals surface area (Å²) < 4.78 is 0. The standard InChI is InChI=1S/C53H33N/c1-3-15-34(16-4-1)35-29-31-37(32-30-35)54(36-17-5-2-6-18-36)49-28-14-24-42-40-21-9-11-26-46(40)53(52(42)49)47-27-12-10-22-43(47)51-44-25-13-23-41-38-19-7-8-20-39(38)45(50(41)44)33-48(51)53/h1-33H. The molecule has 1 atom stereocenters. The number of rotatable bonds is 4. The SMILES string of the molecule is c1ccc(-c2ccc(N(c3ccccc3)c3cccc4c3C3(c5ccccc5-4)c4ccccc4-c4c3cc3c5c(cccc45)-c4ccccc4-3)cc2)cc1. The van der Waals surface area contributed by atoms with Gasteiger partial charge in [-0.2, -0.15) is 0 Å². The quantitative estimate of drug-likeness (QED) is 0.178. The van der Waals surface area contributed by atoms with E-state index in [9.17, 15) is 0 Å². The fourth-order valence-corrected chi connectivity index (χ4v) is 10.2. The molecule has 0 bridgehead atoms. The van der Waals surface area contributed by atoms with Crippen LogP contribution >= 0.6 is 0 Å². The summed E-state index contributed by atoms with van der Waals surface area (Å²) >= 11 is 0. The van der Waals surface area contributed by atoms with E-state index in [2.05, 4.69) is 205 Å². The molecule has 0 saturated heterocycles. The maximum Gasteiger partial charge on any atom is 0.0746 e. The van der Waals surface area contributed by atoms with E-state index in [-0.39, 0.29) is 0 Å². The number of benzene rings is 9. The van der Waals surface area contributed by atoms with Gasteiger partial charge in [-0.1, -0.05) is 164 Å². The Labute approximate surface area is 315 Å². The zero-order valence-corrected chi connectivity index (χ0v) is 29.5. The van der Waals surface area contributed by atoms with Crippen LogP contribution in [0.3, 0.4) is 0 Å². The lowest BCUT2D eigenvalue weighted by atomic mass is 9.69. The molecule has 250 valence electrons. The summed E-state index contributed by atoms with van der Waals surface area (Å²) in [6, 6.07) is 74.4. The van der Waals surface area contributed by atoms with Crippen LogP contribution in [-0.4, -0.2) is 0 Å². The van der Waals surface area contributed by atoms with Crippen LogP contribution in [-0.2, 0) is 5.41 Å². The van der Waals surface area contributed by atoms with Gasteiger partial charge in [-0.15, -0.1) is 0 Å². The molecule has 0 aliphatic heterocycles. The number of hydrogen-bond acceptors (Lipinski definition) is 1. The largest absolute Gasteiger partial charge is 0.310 e. The molecule has 0 radical (unpaired) electrons. The Kier molecular flexibility index (Phi) is 6.04. The Balaban J connectivity index is 1.20. The molecule has 54 heavy (non-hydrogen) atoms. The highest BCUT2D eigenvalue weighted by atomic mass is 15.1. The average molecular weight is 684 g/mol. The van der Waals surface area contributed by atoms with Crippen LogP contribution in [0.15, 0.2) is 200 Å². The van der Waals surface area contributed by atoms with Crippen LogP contribution in [0, 0.1) is 0 Å². The number of fused-ring (bicyclic) bond motifs is 14. The smallest absolute Gasteiger partial charge is 0.0746 e. The second kappa shape index (κ2) is 11.0. The Morgan fingerprint density at radius 2 is 0.870 bits per heavy atom. The van der Waals surface area contributed by atoms with Gasteiger partial charge in [0.1, 0.15) is 0 Å². The third kappa shape index (κ3) is 3.78. The molecule has 0 N–H and O–H groups in total. The topological polar surface area (TPSA) is 3.24 Å². The molecule has 1 unspecified atom stereocenters. The third-order valence-electron chi connectivity index (χ3n) is 12.2. The minimum Gasteiger partial charge on any atom is -0.310 e. The van der Waals surface area contributed by atoms with Gasteiger partial charge in [-0.05, 0) is 119 Å². The lowest BCUT2D eigenvalue weighted by Crippen LogP contribution is -2.28. The van der Waals surface area contributed by atoms with E-state index in [1.807, 2.05) is 0 Å². The van der Waals surface area contributed by atoms with Crippen molar-refractivity contribution in [3.05, 3.63) is 222 Å². The number of anilines is 3. The molecule has 9 aromatic carbocycles. The fourth-order valence-electron chi connectivity index (χ4n) is 10.2. The normalized spacial score (nSPS) is 15.1. The fraction of sp³-hybridized carbons (Fsp3) is 0.0189. The molecule has 9 aromatic rings. The first kappa shape index (κ1) is 29.6. The minimum absolute atomic E-state index is 0.538. The molecule has 0 amide bonds. The van der Waals surface area contributed by atoms with Crippen LogP contribution in [0.2, 0.25) is 0 Å². The van der Waals surface area contributed by atoms with Gasteiger partial charge < -0.3 is 4.90 Å². The predicted octanol–water partition coefficient (Wildman–Crippen LogP) is 14.0. The second-order valence-corrected chi connectivity index (χ2v) is 14.7. The maximum atomic E-state index is 2.57. The molecule has 1 heteroatoms. The second-order valence-electron chi connectivity index (χ2n) is 14.7. The van der Waals surface area contributed by atoms with Crippen molar-refractivity contribution in [2.75, 3.05) is 4.90 Å². The summed E-state index contributed by atoms with van der Waals surface area (Å²) in [5, 5.41) is 2.70. The Morgan fingerprint density at radius 3 is 1.63 bits per heavy atom. The molecule has 3 aliphatic rings. The lowest BCUT2D eigenvalue weighted by Gasteiger charge is -2.36. The van der Waals surface area contributed by atoms with E-state index in [1.165, 1.54) is 94.3 Å². The molecular weight excluding hydrogens is 651 g/mol. The van der Waals surface area contributed by atoms with Crippen LogP contribution in [0.25, 0.3) is 66.4 Å². The molecule has 0 aromatic heterocycles. The summed E-state index contributed by atoms with van der Waals surface area (Å²) in [5.41, 5.74) is 21.3. The van der Waals surface area contributed by atoms with Gasteiger partial charge in [0.25, 0.3) is 0 Å². The van der Waals surface area contributed by atoms with Gasteiger partial charge in [0, 0.05) is 16.9 Å². The monoisotopic (exact) mass is 683 g/mol. The first-order valence-electron chi connectivity index (χ1n) is 18.9. The van der Waals surface area contributed by atoms with Crippen LogP contribution in [0.5, 0.6) is 0 Å². The van der Waals surface area contributed by atoms with Crippen LogP contribution < -0.4 is 4.90 Å². The molecule has 3 aliphatic carbocycles. The third-order valence-corrected chi connectivity index (χ3v) is 12.2. The van der Waals surface area contributed by atoms with E-state index >= 15 is 0 Å². The van der Waals surface area contributed by atoms with Crippen LogP contribution in [0.4, 0.5) is 17.1 Å². The van der Waals surface area contributed by atoms with Crippen LogP contribution in [0.1, 0.15) is 22.3 Å². The molecule has 1 spiro atoms. The Morgan fingerprint density at radius 1 is 0.333 bits per heavy atom. The van der Waals surface area contributed by atoms with Gasteiger partial charge in [-0.25, -0.2) is 0 Å². The van der Waals surface area contributed by atoms with Crippen molar-refractivity contribution >= 4 is 27.8 Å². The Hall–Kier alpha value is -6.96. The van der Waals surface area contributed by atoms with Gasteiger partial charge >= 0.3 is 0 Å². The highest BCUT2D eigenvalue weighted by molar-refractivity contribution is 6.21. The van der Waals surface area contributed by atoms with Crippen molar-refractivity contribution in [3.8, 4) is 55.6 Å². The number of nitrogens with zero attached hydrogens (tertiary/aromatic N) is 1. The van der Waals surface area contributed by atoms with Gasteiger partial charge in [-0.3, -0.25) is 0 Å². The molecular formula is C53H33N. The van der Waals surface area contributed by atoms with E-state index < -0.39 is 5.41 Å². The first-order valence-corrected chi connectivity index (χ1v) is 18.9. The number of para-hydroxylation sites is 1. The van der Waals surface area contributed by atoms with Gasteiger partial charge in [0.15, 0.2) is 0 Å². The van der Waals surface area contributed by atoms with Gasteiger partial charge in [0.05, 0.1) is 11.1 Å². The van der Waals surface area contributed by atoms with Crippen molar-refractivity contribution in [3.63, 3.8) is 0 Å². The van der Waals surface area contributed by atoms with Crippen molar-refractivity contribution in [2.24, 2.45) is 0 Å². The molecule has 0 heterocycles. The lowest BCUT2D eigenvalue weighted by molar-refractivity contribution is 0.794. The highest BCUT2D eigenvalue weighted by Gasteiger charge is 2.54. The zero-order valence-electron chi connectivity index (χ0n) is 29.5. The molecule has 0 saturated carbocycles.